The van der Waals surface area contributed by atoms with E-state index in [0.29, 0.717) is 30.8 Å². The monoisotopic (exact) mass is 446 g/mol. The summed E-state index contributed by atoms with van der Waals surface area (Å²) < 4.78 is 30.3. The second-order valence-electron chi connectivity index (χ2n) is 8.16. The molecule has 1 aromatic heterocycles. The molecule has 0 bridgehead atoms. The lowest BCUT2D eigenvalue weighted by Crippen LogP contribution is -2.52. The number of carbonyl (C=O) groups is 2. The maximum absolute atomic E-state index is 13.5. The third-order valence-corrected chi connectivity index (χ3v) is 5.45. The molecule has 7 nitrogen and oxygen atoms in total. The van der Waals surface area contributed by atoms with Crippen molar-refractivity contribution >= 4 is 23.3 Å². The van der Waals surface area contributed by atoms with E-state index in [1.807, 2.05) is 38.1 Å². The number of likely N-dealkylation sites (tertiary alicyclic amines) is 1. The van der Waals surface area contributed by atoms with Gasteiger partial charge in [0.25, 0.3) is 0 Å². The number of para-hydroxylation sites is 1. The largest absolute Gasteiger partial charge is 0.415 e. The number of amides is 3. The predicted molar refractivity (Wildman–Crippen MR) is 118 cm³/mol. The Morgan fingerprint density at radius 1 is 1.25 bits per heavy atom. The number of nitrogens with one attached hydrogen (secondary N) is 1. The molecule has 0 spiro atoms. The molecule has 1 N–H and O–H groups in total. The van der Waals surface area contributed by atoms with Gasteiger partial charge in [-0.1, -0.05) is 32.0 Å². The summed E-state index contributed by atoms with van der Waals surface area (Å²) in [6.45, 7) is 3.00. The van der Waals surface area contributed by atoms with Crippen LogP contribution in [0.5, 0.6) is 5.88 Å². The van der Waals surface area contributed by atoms with Gasteiger partial charge in [-0.25, -0.2) is 9.78 Å². The highest BCUT2D eigenvalue weighted by Gasteiger charge is 2.33. The van der Waals surface area contributed by atoms with Gasteiger partial charge in [0, 0.05) is 31.4 Å². The zero-order valence-corrected chi connectivity index (χ0v) is 18.6. The number of rotatable bonds is 6. The Kier molecular flexibility index (Phi) is 7.27. The molecule has 3 amide bonds. The highest BCUT2D eigenvalue weighted by Crippen LogP contribution is 2.33. The lowest BCUT2D eigenvalue weighted by molar-refractivity contribution is -0.132. The Balaban J connectivity index is 1.99. The third kappa shape index (κ3) is 5.33. The first-order valence-electron chi connectivity index (χ1n) is 10.5. The minimum Gasteiger partial charge on any atom is -0.415 e. The van der Waals surface area contributed by atoms with E-state index in [2.05, 4.69) is 15.0 Å². The Morgan fingerprint density at radius 2 is 1.97 bits per heavy atom. The molecule has 1 atom stereocenters. The van der Waals surface area contributed by atoms with Gasteiger partial charge in [-0.3, -0.25) is 9.69 Å². The molecular weight excluding hydrogens is 418 g/mol. The molecule has 1 aromatic carbocycles. The summed E-state index contributed by atoms with van der Waals surface area (Å²) in [6, 6.07) is 9.87. The van der Waals surface area contributed by atoms with Gasteiger partial charge in [0.15, 0.2) is 0 Å². The molecule has 172 valence electrons. The zero-order valence-electron chi connectivity index (χ0n) is 18.6. The fourth-order valence-electron chi connectivity index (χ4n) is 3.85. The second-order valence-corrected chi connectivity index (χ2v) is 8.16. The van der Waals surface area contributed by atoms with Crippen molar-refractivity contribution in [2.24, 2.45) is 0 Å². The lowest BCUT2D eigenvalue weighted by Gasteiger charge is -2.39. The Bertz CT molecular complexity index is 983. The van der Waals surface area contributed by atoms with E-state index in [1.165, 1.54) is 6.07 Å². The zero-order chi connectivity index (χ0) is 23.4. The highest BCUT2D eigenvalue weighted by molar-refractivity contribution is 6.03. The van der Waals surface area contributed by atoms with E-state index in [9.17, 15) is 18.4 Å². The van der Waals surface area contributed by atoms with Crippen molar-refractivity contribution in [1.29, 1.82) is 0 Å². The highest BCUT2D eigenvalue weighted by atomic mass is 19.3. The first kappa shape index (κ1) is 23.4. The number of anilines is 2. The maximum atomic E-state index is 13.5. The van der Waals surface area contributed by atoms with Crippen LogP contribution in [0.15, 0.2) is 36.4 Å². The van der Waals surface area contributed by atoms with E-state index in [1.54, 1.807) is 29.8 Å². The predicted octanol–water partition coefficient (Wildman–Crippen LogP) is 4.77. The van der Waals surface area contributed by atoms with Crippen LogP contribution in [0.3, 0.4) is 0 Å². The number of benzene rings is 1. The number of aryl methyl sites for hydroxylation is 1. The fourth-order valence-corrected chi connectivity index (χ4v) is 3.85. The Labute approximate surface area is 186 Å². The number of pyridine rings is 1. The van der Waals surface area contributed by atoms with Crippen LogP contribution >= 0.6 is 0 Å². The molecular formula is C23H28F2N4O3. The number of nitrogens with zero attached hydrogens (tertiary/aromatic N) is 3. The van der Waals surface area contributed by atoms with Crippen LogP contribution in [0.4, 0.5) is 25.0 Å². The standard InChI is InChI=1S/C23H28F2N4O3/c1-14(2)17-7-5-6-8-19(17)29(16-10-12-20(30)28(4)13-16)23(31)27-18-11-9-15(3)26-21(18)32-22(24)25/h5-9,11,14,16,22H,10,12-13H2,1-4H3,(H,27,31). The first-order valence-corrected chi connectivity index (χ1v) is 10.5. The summed E-state index contributed by atoms with van der Waals surface area (Å²) in [6.07, 6.45) is 0.816. The van der Waals surface area contributed by atoms with E-state index in [0.717, 1.165) is 5.56 Å². The van der Waals surface area contributed by atoms with Crippen LogP contribution in [0.1, 0.15) is 43.9 Å². The average molecular weight is 446 g/mol. The maximum Gasteiger partial charge on any atom is 0.388 e. The molecule has 1 aliphatic heterocycles. The van der Waals surface area contributed by atoms with Crippen molar-refractivity contribution in [2.45, 2.75) is 52.2 Å². The topological polar surface area (TPSA) is 74.8 Å². The summed E-state index contributed by atoms with van der Waals surface area (Å²) >= 11 is 0. The second kappa shape index (κ2) is 9.93. The number of urea groups is 1. The molecule has 1 unspecified atom stereocenters. The molecule has 9 heteroatoms. The molecule has 0 radical (unpaired) electrons. The van der Waals surface area contributed by atoms with Gasteiger partial charge in [0.2, 0.25) is 11.8 Å². The van der Waals surface area contributed by atoms with Crippen LogP contribution < -0.4 is 15.0 Å². The molecule has 32 heavy (non-hydrogen) atoms. The Hall–Kier alpha value is -3.23. The van der Waals surface area contributed by atoms with Crippen molar-refractivity contribution in [3.05, 3.63) is 47.7 Å². The van der Waals surface area contributed by atoms with Gasteiger partial charge in [-0.15, -0.1) is 0 Å². The number of halogens is 2. The van der Waals surface area contributed by atoms with Gasteiger partial charge < -0.3 is 15.0 Å². The van der Waals surface area contributed by atoms with Crippen molar-refractivity contribution in [3.8, 4) is 5.88 Å². The van der Waals surface area contributed by atoms with E-state index < -0.39 is 12.6 Å². The molecule has 1 saturated heterocycles. The van der Waals surface area contributed by atoms with Crippen LogP contribution in [-0.4, -0.2) is 48.1 Å². The quantitative estimate of drug-likeness (QED) is 0.693. The molecule has 0 saturated carbocycles. The SMILES string of the molecule is Cc1ccc(NC(=O)N(c2ccccc2C(C)C)C2CCC(=O)N(C)C2)c(OC(F)F)n1. The smallest absolute Gasteiger partial charge is 0.388 e. The van der Waals surface area contributed by atoms with Gasteiger partial charge in [-0.05, 0) is 43.0 Å². The number of hydrogen-bond donors (Lipinski definition) is 1. The van der Waals surface area contributed by atoms with E-state index in [4.69, 9.17) is 0 Å². The number of ether oxygens (including phenoxy) is 1. The van der Waals surface area contributed by atoms with E-state index in [-0.39, 0.29) is 29.4 Å². The molecule has 1 aliphatic rings. The normalized spacial score (nSPS) is 16.4. The molecule has 3 rings (SSSR count). The minimum atomic E-state index is -3.07. The molecule has 1 fully saturated rings. The van der Waals surface area contributed by atoms with Gasteiger partial charge in [0.05, 0.1) is 6.04 Å². The van der Waals surface area contributed by atoms with Crippen LogP contribution in [0, 0.1) is 6.92 Å². The molecule has 2 heterocycles. The Morgan fingerprint density at radius 3 is 2.62 bits per heavy atom. The number of carbonyl (C=O) groups excluding carboxylic acids is 2. The summed E-state index contributed by atoms with van der Waals surface area (Å²) in [5.41, 5.74) is 2.21. The van der Waals surface area contributed by atoms with Crippen LogP contribution in [-0.2, 0) is 4.79 Å². The lowest BCUT2D eigenvalue weighted by atomic mass is 9.97. The van der Waals surface area contributed by atoms with Crippen LogP contribution in [0.25, 0.3) is 0 Å². The summed E-state index contributed by atoms with van der Waals surface area (Å²) in [4.78, 5) is 32.8. The number of hydrogen-bond acceptors (Lipinski definition) is 4. The molecule has 0 aliphatic carbocycles. The summed E-state index contributed by atoms with van der Waals surface area (Å²) in [5.74, 6) is -0.182. The van der Waals surface area contributed by atoms with Crippen molar-refractivity contribution < 1.29 is 23.1 Å². The molecule has 2 aromatic rings. The van der Waals surface area contributed by atoms with Gasteiger partial charge in [0.1, 0.15) is 5.69 Å². The third-order valence-electron chi connectivity index (χ3n) is 5.45. The van der Waals surface area contributed by atoms with Gasteiger partial charge in [-0.2, -0.15) is 8.78 Å². The van der Waals surface area contributed by atoms with Gasteiger partial charge >= 0.3 is 12.6 Å². The van der Waals surface area contributed by atoms with Crippen molar-refractivity contribution in [2.75, 3.05) is 23.8 Å². The number of alkyl halides is 2. The average Bonchev–Trinajstić information content (AvgIpc) is 2.72. The van der Waals surface area contributed by atoms with Crippen molar-refractivity contribution in [3.63, 3.8) is 0 Å². The summed E-state index contributed by atoms with van der Waals surface area (Å²) in [7, 11) is 1.71. The number of likely N-dealkylation sites (N-methyl/N-ethyl adjacent to an activating group) is 1. The number of aromatic nitrogens is 1. The fraction of sp³-hybridized carbons (Fsp3) is 0.435. The summed E-state index contributed by atoms with van der Waals surface area (Å²) in [5, 5.41) is 2.69. The minimum absolute atomic E-state index is 0.0223. The van der Waals surface area contributed by atoms with Crippen molar-refractivity contribution in [1.82, 2.24) is 9.88 Å². The first-order chi connectivity index (χ1) is 15.2. The van der Waals surface area contributed by atoms with E-state index >= 15 is 0 Å². The number of piperidine rings is 1. The van der Waals surface area contributed by atoms with Crippen LogP contribution in [0.2, 0.25) is 0 Å².